The van der Waals surface area contributed by atoms with Crippen LogP contribution in [-0.2, 0) is 20.9 Å². The molecule has 1 unspecified atom stereocenters. The van der Waals surface area contributed by atoms with E-state index in [1.807, 2.05) is 55.5 Å². The lowest BCUT2D eigenvalue weighted by molar-refractivity contribution is -0.151. The lowest BCUT2D eigenvalue weighted by atomic mass is 10.1. The lowest BCUT2D eigenvalue weighted by Crippen LogP contribution is -2.39. The summed E-state index contributed by atoms with van der Waals surface area (Å²) < 4.78 is 10.7. The maximum Gasteiger partial charge on any atom is 0.336 e. The highest BCUT2D eigenvalue weighted by Crippen LogP contribution is 2.34. The Morgan fingerprint density at radius 3 is 2.63 bits per heavy atom. The molecule has 156 valence electrons. The number of methoxy groups -OCH3 is 1. The molecule has 30 heavy (non-hydrogen) atoms. The summed E-state index contributed by atoms with van der Waals surface area (Å²) in [6.07, 6.45) is 0.246. The first-order valence-electron chi connectivity index (χ1n) is 9.17. The number of nitrogens with zero attached hydrogens (tertiary/aromatic N) is 1. The van der Waals surface area contributed by atoms with Gasteiger partial charge in [0.05, 0.1) is 18.6 Å². The Kier molecular flexibility index (Phi) is 7.25. The monoisotopic (exact) mass is 443 g/mol. The quantitative estimate of drug-likeness (QED) is 0.400. The van der Waals surface area contributed by atoms with Gasteiger partial charge in [-0.1, -0.05) is 72.0 Å². The Morgan fingerprint density at radius 1 is 1.23 bits per heavy atom. The SMILES string of the molecule is COC(=O)C(O)CN1C(=O)/C(=C/c2ccccc2OCc2ccc(C)cc2)SC1=S. The van der Waals surface area contributed by atoms with Gasteiger partial charge in [0.2, 0.25) is 0 Å². The van der Waals surface area contributed by atoms with E-state index in [4.69, 9.17) is 17.0 Å². The molecule has 0 saturated carbocycles. The molecule has 0 aromatic heterocycles. The number of hydrogen-bond donors (Lipinski definition) is 1. The molecule has 0 radical (unpaired) electrons. The summed E-state index contributed by atoms with van der Waals surface area (Å²) in [5, 5.41) is 9.85. The number of hydrogen-bond acceptors (Lipinski definition) is 7. The Bertz CT molecular complexity index is 987. The number of aliphatic hydroxyl groups is 1. The van der Waals surface area contributed by atoms with Crippen molar-refractivity contribution in [3.05, 3.63) is 70.1 Å². The number of ether oxygens (including phenoxy) is 2. The van der Waals surface area contributed by atoms with Crippen molar-refractivity contribution in [1.29, 1.82) is 0 Å². The molecule has 6 nitrogen and oxygen atoms in total. The summed E-state index contributed by atoms with van der Waals surface area (Å²) in [6, 6.07) is 15.5. The molecule has 1 atom stereocenters. The van der Waals surface area contributed by atoms with Crippen LogP contribution in [0.5, 0.6) is 5.75 Å². The number of benzene rings is 2. The third-order valence-corrected chi connectivity index (χ3v) is 5.80. The van der Waals surface area contributed by atoms with Crippen LogP contribution in [0.1, 0.15) is 16.7 Å². The minimum Gasteiger partial charge on any atom is -0.488 e. The van der Waals surface area contributed by atoms with Gasteiger partial charge in [0.25, 0.3) is 5.91 Å². The lowest BCUT2D eigenvalue weighted by Gasteiger charge is -2.17. The van der Waals surface area contributed by atoms with E-state index in [2.05, 4.69) is 4.74 Å². The smallest absolute Gasteiger partial charge is 0.336 e. The van der Waals surface area contributed by atoms with E-state index in [0.29, 0.717) is 17.3 Å². The van der Waals surface area contributed by atoms with Crippen LogP contribution < -0.4 is 4.74 Å². The van der Waals surface area contributed by atoms with Gasteiger partial charge in [0.1, 0.15) is 16.7 Å². The maximum atomic E-state index is 12.7. The Balaban J connectivity index is 1.75. The Morgan fingerprint density at radius 2 is 1.93 bits per heavy atom. The van der Waals surface area contributed by atoms with Crippen LogP contribution in [-0.4, -0.2) is 46.0 Å². The van der Waals surface area contributed by atoms with Crippen LogP contribution in [0.4, 0.5) is 0 Å². The van der Waals surface area contributed by atoms with E-state index in [1.165, 1.54) is 17.6 Å². The molecular formula is C22H21NO5S2. The van der Waals surface area contributed by atoms with Crippen LogP contribution in [0.2, 0.25) is 0 Å². The molecular weight excluding hydrogens is 422 g/mol. The van der Waals surface area contributed by atoms with E-state index in [9.17, 15) is 14.7 Å². The van der Waals surface area contributed by atoms with E-state index >= 15 is 0 Å². The molecule has 1 fully saturated rings. The zero-order valence-electron chi connectivity index (χ0n) is 16.5. The highest BCUT2D eigenvalue weighted by molar-refractivity contribution is 8.26. The van der Waals surface area contributed by atoms with Crippen molar-refractivity contribution in [2.45, 2.75) is 19.6 Å². The number of β-amino-alcohol motifs (C(OH)–C–C–N with tert-alkyl or cyclic N) is 1. The normalized spacial score (nSPS) is 16.1. The highest BCUT2D eigenvalue weighted by Gasteiger charge is 2.35. The first-order valence-corrected chi connectivity index (χ1v) is 10.4. The van der Waals surface area contributed by atoms with Gasteiger partial charge in [-0.2, -0.15) is 0 Å². The topological polar surface area (TPSA) is 76.1 Å². The van der Waals surface area contributed by atoms with Crippen LogP contribution >= 0.6 is 24.0 Å². The first-order chi connectivity index (χ1) is 14.4. The predicted molar refractivity (Wildman–Crippen MR) is 120 cm³/mol. The number of thiocarbonyl (C=S) groups is 1. The third-order valence-electron chi connectivity index (χ3n) is 4.42. The molecule has 2 aromatic carbocycles. The number of aliphatic hydroxyl groups excluding tert-OH is 1. The van der Waals surface area contributed by atoms with Crippen molar-refractivity contribution in [3.63, 3.8) is 0 Å². The van der Waals surface area contributed by atoms with Crippen molar-refractivity contribution >= 4 is 46.3 Å². The molecule has 0 spiro atoms. The van der Waals surface area contributed by atoms with E-state index in [1.54, 1.807) is 6.08 Å². The molecule has 1 heterocycles. The Hall–Kier alpha value is -2.68. The molecule has 0 aliphatic carbocycles. The maximum absolute atomic E-state index is 12.7. The number of rotatable bonds is 7. The van der Waals surface area contributed by atoms with Gasteiger partial charge in [-0.15, -0.1) is 0 Å². The minimum atomic E-state index is -1.46. The summed E-state index contributed by atoms with van der Waals surface area (Å²) in [4.78, 5) is 25.8. The number of carbonyl (C=O) groups is 2. The Labute approximate surface area is 184 Å². The van der Waals surface area contributed by atoms with Gasteiger partial charge < -0.3 is 14.6 Å². The summed E-state index contributed by atoms with van der Waals surface area (Å²) in [5.41, 5.74) is 2.95. The van der Waals surface area contributed by atoms with Crippen molar-refractivity contribution < 1.29 is 24.2 Å². The number of esters is 1. The fourth-order valence-corrected chi connectivity index (χ4v) is 4.02. The van der Waals surface area contributed by atoms with Crippen molar-refractivity contribution in [2.75, 3.05) is 13.7 Å². The van der Waals surface area contributed by atoms with Gasteiger partial charge in [0, 0.05) is 5.56 Å². The molecule has 1 aliphatic heterocycles. The molecule has 2 aromatic rings. The first kappa shape index (κ1) is 22.0. The summed E-state index contributed by atoms with van der Waals surface area (Å²) in [6.45, 7) is 2.18. The predicted octanol–water partition coefficient (Wildman–Crippen LogP) is 3.31. The number of thioether (sulfide) groups is 1. The zero-order valence-corrected chi connectivity index (χ0v) is 18.2. The van der Waals surface area contributed by atoms with Gasteiger partial charge >= 0.3 is 5.97 Å². The van der Waals surface area contributed by atoms with E-state index < -0.39 is 12.1 Å². The second-order valence-corrected chi connectivity index (χ2v) is 8.32. The standard InChI is InChI=1S/C22H21NO5S2/c1-14-7-9-15(10-8-14)13-28-18-6-4-3-5-16(18)11-19-20(25)23(22(29)30-19)12-17(24)21(26)27-2/h3-11,17,24H,12-13H2,1-2H3/b19-11-. The third kappa shape index (κ3) is 5.27. The van der Waals surface area contributed by atoms with Crippen LogP contribution in [0.25, 0.3) is 6.08 Å². The fraction of sp³-hybridized carbons (Fsp3) is 0.227. The molecule has 1 saturated heterocycles. The zero-order chi connectivity index (χ0) is 21.7. The molecule has 1 amide bonds. The molecule has 1 aliphatic rings. The molecule has 3 rings (SSSR count). The second-order valence-electron chi connectivity index (χ2n) is 6.64. The van der Waals surface area contributed by atoms with E-state index in [-0.39, 0.29) is 16.8 Å². The fourth-order valence-electron chi connectivity index (χ4n) is 2.76. The van der Waals surface area contributed by atoms with Crippen LogP contribution in [0.15, 0.2) is 53.4 Å². The number of aryl methyl sites for hydroxylation is 1. The van der Waals surface area contributed by atoms with Gasteiger partial charge in [-0.3, -0.25) is 9.69 Å². The largest absolute Gasteiger partial charge is 0.488 e. The van der Waals surface area contributed by atoms with Crippen LogP contribution in [0, 0.1) is 6.92 Å². The van der Waals surface area contributed by atoms with Gasteiger partial charge in [0.15, 0.2) is 6.10 Å². The summed E-state index contributed by atoms with van der Waals surface area (Å²) in [7, 11) is 1.17. The van der Waals surface area contributed by atoms with Crippen molar-refractivity contribution in [2.24, 2.45) is 0 Å². The number of carbonyl (C=O) groups excluding carboxylic acids is 2. The minimum absolute atomic E-state index is 0.250. The molecule has 1 N–H and O–H groups in total. The summed E-state index contributed by atoms with van der Waals surface area (Å²) >= 11 is 6.36. The van der Waals surface area contributed by atoms with Crippen molar-refractivity contribution in [3.8, 4) is 5.75 Å². The molecule has 8 heteroatoms. The van der Waals surface area contributed by atoms with Gasteiger partial charge in [-0.05, 0) is 24.6 Å². The second kappa shape index (κ2) is 9.88. The average Bonchev–Trinajstić information content (AvgIpc) is 3.01. The molecule has 0 bridgehead atoms. The number of amides is 1. The van der Waals surface area contributed by atoms with Gasteiger partial charge in [-0.25, -0.2) is 4.79 Å². The van der Waals surface area contributed by atoms with Crippen LogP contribution in [0.3, 0.4) is 0 Å². The highest BCUT2D eigenvalue weighted by atomic mass is 32.2. The number of para-hydroxylation sites is 1. The van der Waals surface area contributed by atoms with E-state index in [0.717, 1.165) is 22.9 Å². The average molecular weight is 444 g/mol. The summed E-state index contributed by atoms with van der Waals surface area (Å²) in [5.74, 6) is -0.554. The van der Waals surface area contributed by atoms with Crippen molar-refractivity contribution in [1.82, 2.24) is 4.90 Å².